The first-order valence-corrected chi connectivity index (χ1v) is 14.7. The molecule has 2 heterocycles. The number of rotatable bonds is 11. The first kappa shape index (κ1) is 28.9. The van der Waals surface area contributed by atoms with Crippen LogP contribution in [0.1, 0.15) is 23.6 Å². The molecule has 2 aromatic rings. The number of halogens is 2. The lowest BCUT2D eigenvalue weighted by atomic mass is 9.96. The number of benzene rings is 2. The van der Waals surface area contributed by atoms with Gasteiger partial charge in [-0.1, -0.05) is 71.4 Å². The Labute approximate surface area is 238 Å². The van der Waals surface area contributed by atoms with Gasteiger partial charge >= 0.3 is 5.97 Å². The predicted molar refractivity (Wildman–Crippen MR) is 154 cm³/mol. The third-order valence-corrected chi connectivity index (χ3v) is 7.70. The molecule has 0 aromatic heterocycles. The minimum Gasteiger partial charge on any atom is -0.462 e. The van der Waals surface area contributed by atoms with Gasteiger partial charge in [0.1, 0.15) is 6.04 Å². The largest absolute Gasteiger partial charge is 0.462 e. The molecule has 0 spiro atoms. The summed E-state index contributed by atoms with van der Waals surface area (Å²) in [4.78, 5) is 20.6. The zero-order valence-corrected chi connectivity index (χ0v) is 23.8. The Bertz CT molecular complexity index is 1140. The van der Waals surface area contributed by atoms with Crippen molar-refractivity contribution < 1.29 is 19.0 Å². The van der Waals surface area contributed by atoms with Crippen molar-refractivity contribution in [1.29, 1.82) is 0 Å². The number of nitrogens with zero attached hydrogens (tertiary/aromatic N) is 2. The van der Waals surface area contributed by atoms with E-state index in [1.54, 1.807) is 12.1 Å². The highest BCUT2D eigenvalue weighted by Gasteiger charge is 2.32. The smallest absolute Gasteiger partial charge is 0.338 e. The van der Waals surface area contributed by atoms with E-state index in [2.05, 4.69) is 22.3 Å². The van der Waals surface area contributed by atoms with Crippen LogP contribution in [0, 0.1) is 0 Å². The van der Waals surface area contributed by atoms with Crippen LogP contribution in [0.3, 0.4) is 0 Å². The van der Waals surface area contributed by atoms with Gasteiger partial charge in [0.05, 0.1) is 54.3 Å². The van der Waals surface area contributed by atoms with Crippen molar-refractivity contribution in [3.05, 3.63) is 81.0 Å². The molecule has 0 aliphatic carbocycles. The van der Waals surface area contributed by atoms with Gasteiger partial charge in [0.15, 0.2) is 5.17 Å². The third kappa shape index (κ3) is 8.21. The standard InChI is InChI=1S/C28H33Cl2N3O4S/c1-38-28-31-24(19-36-17-13-33-11-15-35-16-12-33)25(26(32-28)21-9-10-22(29)23(30)18-21)27(34)37-14-5-8-20-6-3-2-4-7-20/h2-4,6-7,9-10,18,26H,5,8,11-17,19H2,1H3,(H,31,32). The second-order valence-corrected chi connectivity index (χ2v) is 10.6. The predicted octanol–water partition coefficient (Wildman–Crippen LogP) is 5.14. The topological polar surface area (TPSA) is 72.4 Å². The van der Waals surface area contributed by atoms with Crippen LogP contribution in [0.25, 0.3) is 0 Å². The number of aliphatic imine (C=N–C) groups is 1. The molecule has 1 fully saturated rings. The lowest BCUT2D eigenvalue weighted by Gasteiger charge is -2.28. The van der Waals surface area contributed by atoms with Gasteiger partial charge in [-0.2, -0.15) is 0 Å². The minimum atomic E-state index is -0.590. The average Bonchev–Trinajstić information content (AvgIpc) is 2.95. The van der Waals surface area contributed by atoms with E-state index in [9.17, 15) is 4.79 Å². The molecular formula is C28H33Cl2N3O4S. The van der Waals surface area contributed by atoms with Gasteiger partial charge in [-0.15, -0.1) is 0 Å². The average molecular weight is 579 g/mol. The summed E-state index contributed by atoms with van der Waals surface area (Å²) < 4.78 is 17.2. The Morgan fingerprint density at radius 1 is 1.13 bits per heavy atom. The molecular weight excluding hydrogens is 545 g/mol. The van der Waals surface area contributed by atoms with Crippen molar-refractivity contribution in [3.8, 4) is 0 Å². The first-order chi connectivity index (χ1) is 18.5. The van der Waals surface area contributed by atoms with Gasteiger partial charge in [0, 0.05) is 19.6 Å². The molecule has 1 N–H and O–H groups in total. The Morgan fingerprint density at radius 3 is 2.66 bits per heavy atom. The number of amidine groups is 1. The summed E-state index contributed by atoms with van der Waals surface area (Å²) in [6.45, 7) is 5.15. The number of ether oxygens (including phenoxy) is 3. The fraction of sp³-hybridized carbons (Fsp3) is 0.429. The number of morpholine rings is 1. The van der Waals surface area contributed by atoms with Crippen molar-refractivity contribution in [3.63, 3.8) is 0 Å². The Hall–Kier alpha value is -2.07. The zero-order chi connectivity index (χ0) is 26.7. The summed E-state index contributed by atoms with van der Waals surface area (Å²) in [5, 5.41) is 4.83. The van der Waals surface area contributed by atoms with E-state index in [4.69, 9.17) is 42.4 Å². The lowest BCUT2D eigenvalue weighted by Crippen LogP contribution is -2.39. The highest BCUT2D eigenvalue weighted by Crippen LogP contribution is 2.35. The van der Waals surface area contributed by atoms with Crippen LogP contribution in [-0.4, -0.2) is 75.0 Å². The Kier molecular flexibility index (Phi) is 11.4. The molecule has 0 saturated carbocycles. The van der Waals surface area contributed by atoms with Crippen LogP contribution in [-0.2, 0) is 25.4 Å². The maximum atomic E-state index is 13.5. The molecule has 4 rings (SSSR count). The van der Waals surface area contributed by atoms with Crippen LogP contribution in [0.15, 0.2) is 64.8 Å². The van der Waals surface area contributed by atoms with Crippen LogP contribution in [0.5, 0.6) is 0 Å². The second-order valence-electron chi connectivity index (χ2n) is 8.96. The number of aryl methyl sites for hydroxylation is 1. The number of carbonyl (C=O) groups excluding carboxylic acids is 1. The van der Waals surface area contributed by atoms with Crippen LogP contribution < -0.4 is 5.32 Å². The second kappa shape index (κ2) is 14.9. The molecule has 1 saturated heterocycles. The summed E-state index contributed by atoms with van der Waals surface area (Å²) in [5.74, 6) is -0.419. The van der Waals surface area contributed by atoms with E-state index in [0.29, 0.717) is 39.7 Å². The molecule has 7 nitrogen and oxygen atoms in total. The van der Waals surface area contributed by atoms with Gasteiger partial charge in [-0.05, 0) is 42.4 Å². The molecule has 2 aliphatic heterocycles. The van der Waals surface area contributed by atoms with Crippen LogP contribution >= 0.6 is 35.0 Å². The van der Waals surface area contributed by atoms with Gasteiger partial charge in [-0.25, -0.2) is 9.79 Å². The maximum Gasteiger partial charge on any atom is 0.338 e. The monoisotopic (exact) mass is 577 g/mol. The number of hydrogen-bond acceptors (Lipinski definition) is 8. The van der Waals surface area contributed by atoms with Crippen molar-refractivity contribution >= 4 is 46.1 Å². The quantitative estimate of drug-likeness (QED) is 0.293. The van der Waals surface area contributed by atoms with E-state index < -0.39 is 12.0 Å². The summed E-state index contributed by atoms with van der Waals surface area (Å²) in [6.07, 6.45) is 3.48. The first-order valence-electron chi connectivity index (χ1n) is 12.7. The van der Waals surface area contributed by atoms with Gasteiger partial charge < -0.3 is 19.5 Å². The molecule has 0 bridgehead atoms. The van der Waals surface area contributed by atoms with Gasteiger partial charge in [-0.3, -0.25) is 4.90 Å². The SMILES string of the molecule is CSC1=NC(c2ccc(Cl)c(Cl)c2)C(C(=O)OCCCc2ccccc2)=C(COCCN2CCOCC2)N1. The molecule has 10 heteroatoms. The van der Waals surface area contributed by atoms with Crippen molar-refractivity contribution in [2.24, 2.45) is 4.99 Å². The fourth-order valence-electron chi connectivity index (χ4n) is 4.31. The van der Waals surface area contributed by atoms with Gasteiger partial charge in [0.25, 0.3) is 0 Å². The van der Waals surface area contributed by atoms with Crippen LogP contribution in [0.2, 0.25) is 10.0 Å². The maximum absolute atomic E-state index is 13.5. The zero-order valence-electron chi connectivity index (χ0n) is 21.5. The number of nitrogens with one attached hydrogen (secondary N) is 1. The Morgan fingerprint density at radius 2 is 1.92 bits per heavy atom. The number of thioether (sulfide) groups is 1. The fourth-order valence-corrected chi connectivity index (χ4v) is 5.05. The number of esters is 1. The minimum absolute atomic E-state index is 0.232. The Balaban J connectivity index is 1.49. The van der Waals surface area contributed by atoms with Crippen molar-refractivity contribution in [2.45, 2.75) is 18.9 Å². The third-order valence-electron chi connectivity index (χ3n) is 6.36. The summed E-state index contributed by atoms with van der Waals surface area (Å²) in [5.41, 5.74) is 3.04. The number of carbonyl (C=O) groups is 1. The molecule has 2 aromatic carbocycles. The van der Waals surface area contributed by atoms with E-state index >= 15 is 0 Å². The summed E-state index contributed by atoms with van der Waals surface area (Å²) in [7, 11) is 0. The molecule has 1 unspecified atom stereocenters. The number of hydrogen-bond donors (Lipinski definition) is 1. The molecule has 2 aliphatic rings. The van der Waals surface area contributed by atoms with E-state index in [1.165, 1.54) is 17.3 Å². The van der Waals surface area contributed by atoms with Crippen molar-refractivity contribution in [2.75, 3.05) is 58.9 Å². The summed E-state index contributed by atoms with van der Waals surface area (Å²) >= 11 is 14.0. The summed E-state index contributed by atoms with van der Waals surface area (Å²) in [6, 6.07) is 14.9. The molecule has 204 valence electrons. The molecule has 0 amide bonds. The van der Waals surface area contributed by atoms with E-state index in [-0.39, 0.29) is 6.61 Å². The molecule has 1 atom stereocenters. The van der Waals surface area contributed by atoms with E-state index in [1.807, 2.05) is 30.5 Å². The highest BCUT2D eigenvalue weighted by atomic mass is 35.5. The van der Waals surface area contributed by atoms with Crippen molar-refractivity contribution in [1.82, 2.24) is 10.2 Å². The van der Waals surface area contributed by atoms with E-state index in [0.717, 1.165) is 51.3 Å². The molecule has 38 heavy (non-hydrogen) atoms. The lowest BCUT2D eigenvalue weighted by molar-refractivity contribution is -0.139. The highest BCUT2D eigenvalue weighted by molar-refractivity contribution is 8.13. The van der Waals surface area contributed by atoms with Crippen LogP contribution in [0.4, 0.5) is 0 Å². The molecule has 0 radical (unpaired) electrons. The van der Waals surface area contributed by atoms with Gasteiger partial charge in [0.2, 0.25) is 0 Å². The normalized spacial score (nSPS) is 18.2.